The number of hydrogen-bond donors (Lipinski definition) is 2. The zero-order chi connectivity index (χ0) is 17.0. The number of phenols is 1. The van der Waals surface area contributed by atoms with Crippen molar-refractivity contribution in [2.75, 3.05) is 38.5 Å². The van der Waals surface area contributed by atoms with Gasteiger partial charge in [0.15, 0.2) is 0 Å². The molecule has 0 spiro atoms. The molecule has 1 aliphatic rings. The molecule has 1 aromatic rings. The average Bonchev–Trinajstić information content (AvgIpc) is 2.43. The highest BCUT2D eigenvalue weighted by atomic mass is 16.6. The largest absolute Gasteiger partial charge is 0.506 e. The van der Waals surface area contributed by atoms with Gasteiger partial charge >= 0.3 is 6.09 Å². The second-order valence-electron chi connectivity index (χ2n) is 7.06. The smallest absolute Gasteiger partial charge is 0.412 e. The third-order valence-corrected chi connectivity index (χ3v) is 3.70. The van der Waals surface area contributed by atoms with E-state index in [1.807, 2.05) is 6.07 Å². The van der Waals surface area contributed by atoms with Gasteiger partial charge in [-0.2, -0.15) is 0 Å². The van der Waals surface area contributed by atoms with Crippen molar-refractivity contribution in [3.63, 3.8) is 0 Å². The van der Waals surface area contributed by atoms with Crippen LogP contribution < -0.4 is 5.32 Å². The maximum Gasteiger partial charge on any atom is 0.412 e. The molecule has 2 rings (SSSR count). The quantitative estimate of drug-likeness (QED) is 0.837. The number of benzene rings is 1. The van der Waals surface area contributed by atoms with Crippen LogP contribution in [0.4, 0.5) is 10.5 Å². The van der Waals surface area contributed by atoms with Crippen molar-refractivity contribution in [3.05, 3.63) is 23.8 Å². The van der Waals surface area contributed by atoms with Crippen LogP contribution in [0.15, 0.2) is 18.2 Å². The van der Waals surface area contributed by atoms with Crippen LogP contribution in [0, 0.1) is 0 Å². The summed E-state index contributed by atoms with van der Waals surface area (Å²) < 4.78 is 5.22. The summed E-state index contributed by atoms with van der Waals surface area (Å²) in [6.07, 6.45) is -0.565. The predicted octanol–water partition coefficient (Wildman–Crippen LogP) is 2.49. The third kappa shape index (κ3) is 5.73. The van der Waals surface area contributed by atoms with Crippen molar-refractivity contribution in [2.24, 2.45) is 0 Å². The van der Waals surface area contributed by atoms with E-state index >= 15 is 0 Å². The van der Waals surface area contributed by atoms with E-state index in [0.29, 0.717) is 5.69 Å². The maximum atomic E-state index is 11.9. The fourth-order valence-electron chi connectivity index (χ4n) is 2.46. The van der Waals surface area contributed by atoms with Crippen molar-refractivity contribution in [1.82, 2.24) is 9.80 Å². The Bertz CT molecular complexity index is 547. The second-order valence-corrected chi connectivity index (χ2v) is 7.06. The Balaban J connectivity index is 1.99. The van der Waals surface area contributed by atoms with Gasteiger partial charge in [-0.25, -0.2) is 4.79 Å². The van der Waals surface area contributed by atoms with Gasteiger partial charge in [-0.1, -0.05) is 6.07 Å². The number of aromatic hydroxyl groups is 1. The maximum absolute atomic E-state index is 11.9. The van der Waals surface area contributed by atoms with Crippen molar-refractivity contribution in [1.29, 1.82) is 0 Å². The molecule has 6 nitrogen and oxygen atoms in total. The topological polar surface area (TPSA) is 65.0 Å². The Morgan fingerprint density at radius 3 is 2.52 bits per heavy atom. The Hall–Kier alpha value is -1.79. The van der Waals surface area contributed by atoms with Gasteiger partial charge < -0.3 is 14.7 Å². The molecule has 2 N–H and O–H groups in total. The highest BCUT2D eigenvalue weighted by Crippen LogP contribution is 2.25. The Morgan fingerprint density at radius 1 is 1.26 bits per heavy atom. The number of amides is 1. The highest BCUT2D eigenvalue weighted by Gasteiger charge is 2.18. The molecule has 0 unspecified atom stereocenters. The van der Waals surface area contributed by atoms with E-state index in [-0.39, 0.29) is 5.75 Å². The first-order chi connectivity index (χ1) is 10.7. The number of anilines is 1. The number of phenolic OH excluding ortho intramolecular Hbond substituents is 1. The van der Waals surface area contributed by atoms with E-state index in [1.165, 1.54) is 0 Å². The first-order valence-corrected chi connectivity index (χ1v) is 7.96. The van der Waals surface area contributed by atoms with E-state index in [9.17, 15) is 9.90 Å². The van der Waals surface area contributed by atoms with Gasteiger partial charge in [-0.3, -0.25) is 10.2 Å². The standard InChI is InChI=1S/C17H27N3O3/c1-17(2,3)23-16(22)18-14-11-13(5-6-15(14)21)12-20-9-7-19(4)8-10-20/h5-6,11,21H,7-10,12H2,1-4H3,(H,18,22). The van der Waals surface area contributed by atoms with Crippen LogP contribution in [-0.2, 0) is 11.3 Å². The molecule has 0 saturated carbocycles. The average molecular weight is 321 g/mol. The lowest BCUT2D eigenvalue weighted by Gasteiger charge is -2.32. The molecule has 0 radical (unpaired) electrons. The molecule has 1 aromatic carbocycles. The van der Waals surface area contributed by atoms with E-state index in [0.717, 1.165) is 38.3 Å². The van der Waals surface area contributed by atoms with E-state index in [4.69, 9.17) is 4.74 Å². The zero-order valence-corrected chi connectivity index (χ0v) is 14.4. The van der Waals surface area contributed by atoms with Crippen LogP contribution in [0.2, 0.25) is 0 Å². The molecule has 0 aliphatic carbocycles. The number of piperazine rings is 1. The van der Waals surface area contributed by atoms with Crippen LogP contribution in [0.5, 0.6) is 5.75 Å². The minimum Gasteiger partial charge on any atom is -0.506 e. The summed E-state index contributed by atoms with van der Waals surface area (Å²) in [5.41, 5.74) is 0.862. The number of carbonyl (C=O) groups excluding carboxylic acids is 1. The molecule has 1 heterocycles. The molecule has 23 heavy (non-hydrogen) atoms. The number of rotatable bonds is 3. The summed E-state index contributed by atoms with van der Waals surface area (Å²) in [4.78, 5) is 16.5. The fourth-order valence-corrected chi connectivity index (χ4v) is 2.46. The predicted molar refractivity (Wildman–Crippen MR) is 90.7 cm³/mol. The molecule has 128 valence electrons. The number of hydrogen-bond acceptors (Lipinski definition) is 5. The van der Waals surface area contributed by atoms with Gasteiger partial charge in [0.25, 0.3) is 0 Å². The minimum absolute atomic E-state index is 0.0398. The van der Waals surface area contributed by atoms with Crippen molar-refractivity contribution in [2.45, 2.75) is 32.9 Å². The van der Waals surface area contributed by atoms with Crippen LogP contribution in [0.3, 0.4) is 0 Å². The lowest BCUT2D eigenvalue weighted by molar-refractivity contribution is 0.0635. The van der Waals surface area contributed by atoms with Gasteiger partial charge in [0.05, 0.1) is 5.69 Å². The summed E-state index contributed by atoms with van der Waals surface area (Å²) in [5, 5.41) is 12.5. The van der Waals surface area contributed by atoms with E-state index < -0.39 is 11.7 Å². The van der Waals surface area contributed by atoms with E-state index in [2.05, 4.69) is 22.2 Å². The van der Waals surface area contributed by atoms with Gasteiger partial charge in [0, 0.05) is 32.7 Å². The zero-order valence-electron chi connectivity index (χ0n) is 14.4. The number of ether oxygens (including phenoxy) is 1. The Morgan fingerprint density at radius 2 is 1.91 bits per heavy atom. The SMILES string of the molecule is CN1CCN(Cc2ccc(O)c(NC(=O)OC(C)(C)C)c2)CC1. The summed E-state index contributed by atoms with van der Waals surface area (Å²) in [6, 6.07) is 5.30. The summed E-state index contributed by atoms with van der Waals surface area (Å²) >= 11 is 0. The minimum atomic E-state index is -0.572. The molecule has 6 heteroatoms. The molecule has 0 bridgehead atoms. The molecule has 1 saturated heterocycles. The number of nitrogens with zero attached hydrogens (tertiary/aromatic N) is 2. The van der Waals surface area contributed by atoms with Crippen LogP contribution in [-0.4, -0.2) is 59.8 Å². The Kier molecular flexibility index (Phi) is 5.49. The lowest BCUT2D eigenvalue weighted by Crippen LogP contribution is -2.43. The summed E-state index contributed by atoms with van der Waals surface area (Å²) in [6.45, 7) is 10.4. The molecule has 1 aliphatic heterocycles. The van der Waals surface area contributed by atoms with Crippen LogP contribution in [0.25, 0.3) is 0 Å². The fraction of sp³-hybridized carbons (Fsp3) is 0.588. The number of nitrogens with one attached hydrogen (secondary N) is 1. The molecular weight excluding hydrogens is 294 g/mol. The molecule has 0 aromatic heterocycles. The molecule has 0 atom stereocenters. The normalized spacial score (nSPS) is 17.0. The van der Waals surface area contributed by atoms with Crippen molar-refractivity contribution in [3.8, 4) is 5.75 Å². The number of likely N-dealkylation sites (N-methyl/N-ethyl adjacent to an activating group) is 1. The van der Waals surface area contributed by atoms with Gasteiger partial charge in [0.2, 0.25) is 0 Å². The third-order valence-electron chi connectivity index (χ3n) is 3.70. The monoisotopic (exact) mass is 321 g/mol. The van der Waals surface area contributed by atoms with Crippen LogP contribution >= 0.6 is 0 Å². The van der Waals surface area contributed by atoms with E-state index in [1.54, 1.807) is 32.9 Å². The molecule has 1 amide bonds. The van der Waals surface area contributed by atoms with Gasteiger partial charge in [-0.15, -0.1) is 0 Å². The molecular formula is C17H27N3O3. The first kappa shape index (κ1) is 17.6. The summed E-state index contributed by atoms with van der Waals surface area (Å²) in [5.74, 6) is 0.0398. The Labute approximate surface area is 138 Å². The molecule has 1 fully saturated rings. The number of carbonyl (C=O) groups is 1. The lowest BCUT2D eigenvalue weighted by atomic mass is 10.1. The van der Waals surface area contributed by atoms with Crippen molar-refractivity contribution < 1.29 is 14.6 Å². The van der Waals surface area contributed by atoms with Gasteiger partial charge in [-0.05, 0) is 45.5 Å². The second kappa shape index (κ2) is 7.19. The van der Waals surface area contributed by atoms with Crippen molar-refractivity contribution >= 4 is 11.8 Å². The first-order valence-electron chi connectivity index (χ1n) is 7.96. The highest BCUT2D eigenvalue weighted by molar-refractivity contribution is 5.87. The van der Waals surface area contributed by atoms with Crippen LogP contribution in [0.1, 0.15) is 26.3 Å². The summed E-state index contributed by atoms with van der Waals surface area (Å²) in [7, 11) is 2.13. The van der Waals surface area contributed by atoms with Gasteiger partial charge in [0.1, 0.15) is 11.4 Å².